The molecule has 11 heteroatoms. The van der Waals surface area contributed by atoms with Crippen LogP contribution in [0.25, 0.3) is 0 Å². The Kier molecular flexibility index (Phi) is 7.75. The number of aromatic nitrogens is 2. The van der Waals surface area contributed by atoms with Crippen molar-refractivity contribution in [3.63, 3.8) is 0 Å². The second-order valence-electron chi connectivity index (χ2n) is 6.62. The van der Waals surface area contributed by atoms with Gasteiger partial charge in [0.05, 0.1) is 26.1 Å². The van der Waals surface area contributed by atoms with E-state index in [-0.39, 0.29) is 35.4 Å². The zero-order valence-corrected chi connectivity index (χ0v) is 18.7. The van der Waals surface area contributed by atoms with Gasteiger partial charge in [0.15, 0.2) is 5.16 Å². The monoisotopic (exact) mass is 454 g/mol. The smallest absolute Gasteiger partial charge is 0.246 e. The zero-order chi connectivity index (χ0) is 21.6. The van der Waals surface area contributed by atoms with Crippen molar-refractivity contribution < 1.29 is 22.7 Å². The van der Waals surface area contributed by atoms with Gasteiger partial charge in [0.25, 0.3) is 0 Å². The Hall–Kier alpha value is -2.08. The van der Waals surface area contributed by atoms with Crippen LogP contribution in [-0.4, -0.2) is 67.3 Å². The third-order valence-corrected chi connectivity index (χ3v) is 7.43. The molecule has 0 unspecified atom stereocenters. The molecule has 1 fully saturated rings. The summed E-state index contributed by atoms with van der Waals surface area (Å²) in [7, 11) is -2.35. The number of rotatable bonds is 9. The van der Waals surface area contributed by atoms with E-state index in [0.717, 1.165) is 18.1 Å². The minimum atomic E-state index is -3.76. The Morgan fingerprint density at radius 2 is 2.10 bits per heavy atom. The van der Waals surface area contributed by atoms with E-state index in [1.54, 1.807) is 18.3 Å². The van der Waals surface area contributed by atoms with Crippen LogP contribution in [0.3, 0.4) is 0 Å². The summed E-state index contributed by atoms with van der Waals surface area (Å²) in [5.74, 6) is 0.152. The topological polar surface area (TPSA) is 103 Å². The molecule has 0 aliphatic carbocycles. The van der Waals surface area contributed by atoms with E-state index in [9.17, 15) is 13.2 Å². The van der Waals surface area contributed by atoms with Crippen molar-refractivity contribution in [2.24, 2.45) is 0 Å². The van der Waals surface area contributed by atoms with Crippen LogP contribution in [0.1, 0.15) is 13.3 Å². The molecule has 0 atom stereocenters. The summed E-state index contributed by atoms with van der Waals surface area (Å²) in [5, 5.41) is 3.54. The van der Waals surface area contributed by atoms with Crippen molar-refractivity contribution in [3.05, 3.63) is 30.6 Å². The van der Waals surface area contributed by atoms with E-state index >= 15 is 0 Å². The number of amides is 1. The number of aryl methyl sites for hydroxylation is 1. The van der Waals surface area contributed by atoms with Crippen LogP contribution in [0.2, 0.25) is 0 Å². The third-order valence-electron chi connectivity index (χ3n) is 4.51. The molecule has 1 saturated heterocycles. The summed E-state index contributed by atoms with van der Waals surface area (Å²) < 4.78 is 39.9. The van der Waals surface area contributed by atoms with Gasteiger partial charge in [-0.15, -0.1) is 0 Å². The van der Waals surface area contributed by atoms with Gasteiger partial charge in [0, 0.05) is 37.7 Å². The third kappa shape index (κ3) is 5.34. The molecule has 0 radical (unpaired) electrons. The molecule has 1 aromatic heterocycles. The number of hydrogen-bond donors (Lipinski definition) is 1. The Balaban J connectivity index is 1.71. The van der Waals surface area contributed by atoms with Gasteiger partial charge in [-0.05, 0) is 24.6 Å². The fourth-order valence-electron chi connectivity index (χ4n) is 3.06. The Bertz CT molecular complexity index is 971. The lowest BCUT2D eigenvalue weighted by atomic mass is 10.3. The summed E-state index contributed by atoms with van der Waals surface area (Å²) in [6.07, 6.45) is 4.57. The van der Waals surface area contributed by atoms with Gasteiger partial charge in [-0.3, -0.25) is 4.79 Å². The molecule has 0 spiro atoms. The number of sulfonamides is 1. The van der Waals surface area contributed by atoms with E-state index in [2.05, 4.69) is 17.2 Å². The second kappa shape index (κ2) is 10.3. The van der Waals surface area contributed by atoms with Crippen molar-refractivity contribution in [1.82, 2.24) is 13.9 Å². The highest BCUT2D eigenvalue weighted by atomic mass is 32.2. The molecule has 9 nitrogen and oxygen atoms in total. The molecule has 30 heavy (non-hydrogen) atoms. The predicted molar refractivity (Wildman–Crippen MR) is 114 cm³/mol. The van der Waals surface area contributed by atoms with Crippen molar-refractivity contribution in [2.45, 2.75) is 29.9 Å². The Morgan fingerprint density at radius 3 is 2.80 bits per heavy atom. The fourth-order valence-corrected chi connectivity index (χ4v) is 5.43. The first-order valence-corrected chi connectivity index (χ1v) is 12.1. The molecule has 1 amide bonds. The number of nitrogens with zero attached hydrogens (tertiary/aromatic N) is 3. The number of nitrogens with one attached hydrogen (secondary N) is 1. The van der Waals surface area contributed by atoms with Gasteiger partial charge < -0.3 is 19.4 Å². The second-order valence-corrected chi connectivity index (χ2v) is 9.47. The first-order chi connectivity index (χ1) is 14.5. The SMILES string of the molecule is CCCn1ccnc1SCC(=O)Nc1ccc(OC)c(S(=O)(=O)N2CCOCC2)c1. The molecular weight excluding hydrogens is 428 g/mol. The number of carbonyl (C=O) groups is 1. The summed E-state index contributed by atoms with van der Waals surface area (Å²) in [5.41, 5.74) is 0.394. The van der Waals surface area contributed by atoms with Crippen LogP contribution in [-0.2, 0) is 26.1 Å². The number of imidazole rings is 1. The molecule has 0 bridgehead atoms. The van der Waals surface area contributed by atoms with E-state index in [4.69, 9.17) is 9.47 Å². The normalized spacial score (nSPS) is 15.1. The lowest BCUT2D eigenvalue weighted by Crippen LogP contribution is -2.40. The van der Waals surface area contributed by atoms with E-state index < -0.39 is 10.0 Å². The first kappa shape index (κ1) is 22.6. The lowest BCUT2D eigenvalue weighted by Gasteiger charge is -2.26. The van der Waals surface area contributed by atoms with Gasteiger partial charge >= 0.3 is 0 Å². The fraction of sp³-hybridized carbons (Fsp3) is 0.474. The van der Waals surface area contributed by atoms with Crippen molar-refractivity contribution in [1.29, 1.82) is 0 Å². The molecule has 0 saturated carbocycles. The van der Waals surface area contributed by atoms with Crippen LogP contribution in [0, 0.1) is 0 Å². The number of morpholine rings is 1. The summed E-state index contributed by atoms with van der Waals surface area (Å²) in [6.45, 7) is 4.18. The summed E-state index contributed by atoms with van der Waals surface area (Å²) in [6, 6.07) is 4.60. The van der Waals surface area contributed by atoms with E-state index in [1.807, 2.05) is 10.8 Å². The van der Waals surface area contributed by atoms with Gasteiger partial charge in [0.1, 0.15) is 10.6 Å². The molecule has 1 aliphatic heterocycles. The average molecular weight is 455 g/mol. The Morgan fingerprint density at radius 1 is 1.33 bits per heavy atom. The van der Waals surface area contributed by atoms with Crippen molar-refractivity contribution in [3.8, 4) is 5.75 Å². The molecule has 164 valence electrons. The molecule has 2 aromatic rings. The molecule has 1 N–H and O–H groups in total. The van der Waals surface area contributed by atoms with Crippen LogP contribution >= 0.6 is 11.8 Å². The zero-order valence-electron chi connectivity index (χ0n) is 17.0. The van der Waals surface area contributed by atoms with Gasteiger partial charge in [-0.1, -0.05) is 18.7 Å². The Labute approximate surface area is 180 Å². The highest BCUT2D eigenvalue weighted by Gasteiger charge is 2.29. The van der Waals surface area contributed by atoms with Crippen molar-refractivity contribution in [2.75, 3.05) is 44.5 Å². The minimum absolute atomic E-state index is 0.0239. The van der Waals surface area contributed by atoms with Crippen LogP contribution in [0.4, 0.5) is 5.69 Å². The van der Waals surface area contributed by atoms with Crippen molar-refractivity contribution >= 4 is 33.4 Å². The van der Waals surface area contributed by atoms with E-state index in [0.29, 0.717) is 18.9 Å². The number of ether oxygens (including phenoxy) is 2. The summed E-state index contributed by atoms with van der Waals surface area (Å²) in [4.78, 5) is 16.7. The minimum Gasteiger partial charge on any atom is -0.495 e. The number of carbonyl (C=O) groups excluding carboxylic acids is 1. The first-order valence-electron chi connectivity index (χ1n) is 9.65. The highest BCUT2D eigenvalue weighted by molar-refractivity contribution is 7.99. The van der Waals surface area contributed by atoms with E-state index in [1.165, 1.54) is 29.2 Å². The standard InChI is InChI=1S/C19H26N4O5S2/c1-3-7-22-8-6-20-19(22)29-14-18(24)21-15-4-5-16(27-2)17(13-15)30(25,26)23-9-11-28-12-10-23/h4-6,8,13H,3,7,9-12,14H2,1-2H3,(H,21,24). The van der Waals surface area contributed by atoms with Crippen LogP contribution in [0.5, 0.6) is 5.75 Å². The molecule has 3 rings (SSSR count). The molecule has 1 aliphatic rings. The van der Waals surface area contributed by atoms with Crippen LogP contribution in [0.15, 0.2) is 40.6 Å². The number of anilines is 1. The summed E-state index contributed by atoms with van der Waals surface area (Å²) >= 11 is 1.34. The maximum absolute atomic E-state index is 13.0. The number of methoxy groups -OCH3 is 1. The van der Waals surface area contributed by atoms with Gasteiger partial charge in [-0.2, -0.15) is 4.31 Å². The maximum Gasteiger partial charge on any atom is 0.246 e. The number of thioether (sulfide) groups is 1. The number of hydrogen-bond acceptors (Lipinski definition) is 7. The largest absolute Gasteiger partial charge is 0.495 e. The number of benzene rings is 1. The molecule has 1 aromatic carbocycles. The molecule has 2 heterocycles. The quantitative estimate of drug-likeness (QED) is 0.579. The lowest BCUT2D eigenvalue weighted by molar-refractivity contribution is -0.113. The maximum atomic E-state index is 13.0. The predicted octanol–water partition coefficient (Wildman–Crippen LogP) is 2.05. The van der Waals surface area contributed by atoms with Gasteiger partial charge in [-0.25, -0.2) is 13.4 Å². The highest BCUT2D eigenvalue weighted by Crippen LogP contribution is 2.30. The molecular formula is C19H26N4O5S2. The van der Waals surface area contributed by atoms with Crippen LogP contribution < -0.4 is 10.1 Å². The average Bonchev–Trinajstić information content (AvgIpc) is 3.20. The van der Waals surface area contributed by atoms with Gasteiger partial charge in [0.2, 0.25) is 15.9 Å².